The third-order valence-corrected chi connectivity index (χ3v) is 4.14. The molecule has 1 fully saturated rings. The second-order valence-electron chi connectivity index (χ2n) is 6.64. The lowest BCUT2D eigenvalue weighted by Crippen LogP contribution is -2.32. The van der Waals surface area contributed by atoms with Crippen molar-refractivity contribution < 1.29 is 4.79 Å². The van der Waals surface area contributed by atoms with Gasteiger partial charge < -0.3 is 4.90 Å². The SMILES string of the molecule is CCCN1C(=O)C(CC(C)C)NC1c1ccc(C)cc1C. The highest BCUT2D eigenvalue weighted by Gasteiger charge is 2.39. The number of nitrogens with one attached hydrogen (secondary N) is 1. The van der Waals surface area contributed by atoms with Crippen LogP contribution in [0.4, 0.5) is 0 Å². The highest BCUT2D eigenvalue weighted by molar-refractivity contribution is 5.84. The molecule has 2 rings (SSSR count). The third-order valence-electron chi connectivity index (χ3n) is 4.14. The Morgan fingerprint density at radius 3 is 2.57 bits per heavy atom. The molecule has 0 aliphatic carbocycles. The number of hydrogen-bond acceptors (Lipinski definition) is 2. The lowest BCUT2D eigenvalue weighted by atomic mass is 10.0. The van der Waals surface area contributed by atoms with E-state index in [0.717, 1.165) is 19.4 Å². The minimum atomic E-state index is -0.0396. The molecule has 1 aromatic carbocycles. The fourth-order valence-corrected chi connectivity index (χ4v) is 3.19. The smallest absolute Gasteiger partial charge is 0.241 e. The molecule has 0 bridgehead atoms. The van der Waals surface area contributed by atoms with Crippen LogP contribution in [0.25, 0.3) is 0 Å². The Balaban J connectivity index is 2.29. The topological polar surface area (TPSA) is 32.3 Å². The zero-order valence-electron chi connectivity index (χ0n) is 13.9. The van der Waals surface area contributed by atoms with E-state index in [2.05, 4.69) is 58.1 Å². The van der Waals surface area contributed by atoms with Crippen LogP contribution in [0.1, 0.15) is 56.5 Å². The van der Waals surface area contributed by atoms with Crippen molar-refractivity contribution in [1.29, 1.82) is 0 Å². The molecular formula is C18H28N2O. The number of carbonyl (C=O) groups excluding carboxylic acids is 1. The summed E-state index contributed by atoms with van der Waals surface area (Å²) >= 11 is 0. The summed E-state index contributed by atoms with van der Waals surface area (Å²) in [5, 5.41) is 3.56. The van der Waals surface area contributed by atoms with Gasteiger partial charge in [0.15, 0.2) is 0 Å². The number of nitrogens with zero attached hydrogens (tertiary/aromatic N) is 1. The van der Waals surface area contributed by atoms with Crippen molar-refractivity contribution in [2.24, 2.45) is 5.92 Å². The van der Waals surface area contributed by atoms with Gasteiger partial charge in [0.05, 0.1) is 6.04 Å². The molecule has 116 valence electrons. The summed E-state index contributed by atoms with van der Waals surface area (Å²) in [6, 6.07) is 6.45. The first-order valence-corrected chi connectivity index (χ1v) is 8.07. The Hall–Kier alpha value is -1.35. The van der Waals surface area contributed by atoms with E-state index < -0.39 is 0 Å². The zero-order valence-corrected chi connectivity index (χ0v) is 13.9. The van der Waals surface area contributed by atoms with Gasteiger partial charge in [-0.25, -0.2) is 0 Å². The molecule has 3 nitrogen and oxygen atoms in total. The Morgan fingerprint density at radius 1 is 1.29 bits per heavy atom. The van der Waals surface area contributed by atoms with Crippen LogP contribution in [0.3, 0.4) is 0 Å². The fraction of sp³-hybridized carbons (Fsp3) is 0.611. The van der Waals surface area contributed by atoms with Gasteiger partial charge in [-0.2, -0.15) is 0 Å². The Kier molecular flexibility index (Phi) is 5.04. The van der Waals surface area contributed by atoms with E-state index in [1.165, 1.54) is 16.7 Å². The molecule has 3 heteroatoms. The zero-order chi connectivity index (χ0) is 15.6. The molecule has 2 atom stereocenters. The number of amides is 1. The van der Waals surface area contributed by atoms with Crippen molar-refractivity contribution in [3.63, 3.8) is 0 Å². The molecule has 21 heavy (non-hydrogen) atoms. The van der Waals surface area contributed by atoms with E-state index >= 15 is 0 Å². The highest BCUT2D eigenvalue weighted by atomic mass is 16.2. The molecule has 1 amide bonds. The predicted octanol–water partition coefficient (Wildman–Crippen LogP) is 3.56. The first-order valence-electron chi connectivity index (χ1n) is 8.07. The maximum Gasteiger partial charge on any atom is 0.241 e. The average molecular weight is 288 g/mol. The number of benzene rings is 1. The minimum absolute atomic E-state index is 0.0294. The monoisotopic (exact) mass is 288 g/mol. The van der Waals surface area contributed by atoms with Gasteiger partial charge in [-0.15, -0.1) is 0 Å². The van der Waals surface area contributed by atoms with Gasteiger partial charge in [-0.3, -0.25) is 10.1 Å². The third kappa shape index (κ3) is 3.46. The standard InChI is InChI=1S/C18H28N2O/c1-6-9-20-17(15-8-7-13(4)11-14(15)5)19-16(18(20)21)10-12(2)3/h7-8,11-12,16-17,19H,6,9-10H2,1-5H3. The van der Waals surface area contributed by atoms with Crippen LogP contribution in [0.15, 0.2) is 18.2 Å². The molecular weight excluding hydrogens is 260 g/mol. The largest absolute Gasteiger partial charge is 0.322 e. The maximum absolute atomic E-state index is 12.7. The summed E-state index contributed by atoms with van der Waals surface area (Å²) in [4.78, 5) is 14.7. The van der Waals surface area contributed by atoms with Crippen molar-refractivity contribution in [1.82, 2.24) is 10.2 Å². The van der Waals surface area contributed by atoms with Crippen molar-refractivity contribution in [3.8, 4) is 0 Å². The lowest BCUT2D eigenvalue weighted by Gasteiger charge is -2.25. The highest BCUT2D eigenvalue weighted by Crippen LogP contribution is 2.30. The van der Waals surface area contributed by atoms with Gasteiger partial charge in [0, 0.05) is 6.54 Å². The second kappa shape index (κ2) is 6.61. The average Bonchev–Trinajstić information content (AvgIpc) is 2.68. The van der Waals surface area contributed by atoms with Gasteiger partial charge in [-0.05, 0) is 43.7 Å². The second-order valence-corrected chi connectivity index (χ2v) is 6.64. The number of carbonyl (C=O) groups is 1. The van der Waals surface area contributed by atoms with Crippen molar-refractivity contribution >= 4 is 5.91 Å². The van der Waals surface area contributed by atoms with Crippen LogP contribution in [-0.4, -0.2) is 23.4 Å². The number of rotatable bonds is 5. The summed E-state index contributed by atoms with van der Waals surface area (Å²) < 4.78 is 0. The van der Waals surface area contributed by atoms with Crippen LogP contribution in [0, 0.1) is 19.8 Å². The van der Waals surface area contributed by atoms with Gasteiger partial charge in [0.2, 0.25) is 5.91 Å². The molecule has 0 saturated carbocycles. The van der Waals surface area contributed by atoms with Crippen molar-refractivity contribution in [3.05, 3.63) is 34.9 Å². The number of hydrogen-bond donors (Lipinski definition) is 1. The Labute approximate surface area is 128 Å². The molecule has 0 spiro atoms. The molecule has 1 aliphatic rings. The molecule has 2 unspecified atom stereocenters. The fourth-order valence-electron chi connectivity index (χ4n) is 3.19. The van der Waals surface area contributed by atoms with Crippen molar-refractivity contribution in [2.45, 2.75) is 59.7 Å². The van der Waals surface area contributed by atoms with E-state index in [1.807, 2.05) is 4.90 Å². The van der Waals surface area contributed by atoms with Crippen LogP contribution < -0.4 is 5.32 Å². The molecule has 0 radical (unpaired) electrons. The molecule has 1 saturated heterocycles. The molecule has 1 aliphatic heterocycles. The molecule has 1 N–H and O–H groups in total. The van der Waals surface area contributed by atoms with E-state index in [9.17, 15) is 4.79 Å². The molecule has 1 aromatic rings. The first-order chi connectivity index (χ1) is 9.93. The summed E-state index contributed by atoms with van der Waals surface area (Å²) in [5.41, 5.74) is 3.75. The quantitative estimate of drug-likeness (QED) is 0.898. The van der Waals surface area contributed by atoms with E-state index in [1.54, 1.807) is 0 Å². The van der Waals surface area contributed by atoms with Crippen LogP contribution in [-0.2, 0) is 4.79 Å². The summed E-state index contributed by atoms with van der Waals surface area (Å²) in [6.45, 7) is 11.5. The Bertz CT molecular complexity index is 510. The van der Waals surface area contributed by atoms with Crippen LogP contribution >= 0.6 is 0 Å². The lowest BCUT2D eigenvalue weighted by molar-refractivity contribution is -0.130. The van der Waals surface area contributed by atoms with Gasteiger partial charge >= 0.3 is 0 Å². The summed E-state index contributed by atoms with van der Waals surface area (Å²) in [5.74, 6) is 0.781. The van der Waals surface area contributed by atoms with Gasteiger partial charge in [-0.1, -0.05) is 44.5 Å². The van der Waals surface area contributed by atoms with E-state index in [4.69, 9.17) is 0 Å². The normalized spacial score (nSPS) is 22.4. The Morgan fingerprint density at radius 2 is 2.00 bits per heavy atom. The molecule has 1 heterocycles. The minimum Gasteiger partial charge on any atom is -0.322 e. The number of aryl methyl sites for hydroxylation is 2. The maximum atomic E-state index is 12.7. The van der Waals surface area contributed by atoms with E-state index in [0.29, 0.717) is 5.92 Å². The first kappa shape index (κ1) is 16.0. The summed E-state index contributed by atoms with van der Waals surface area (Å²) in [7, 11) is 0. The van der Waals surface area contributed by atoms with Crippen LogP contribution in [0.5, 0.6) is 0 Å². The predicted molar refractivity (Wildman–Crippen MR) is 87.0 cm³/mol. The van der Waals surface area contributed by atoms with Gasteiger partial charge in [0.1, 0.15) is 6.17 Å². The van der Waals surface area contributed by atoms with E-state index in [-0.39, 0.29) is 18.1 Å². The summed E-state index contributed by atoms with van der Waals surface area (Å²) in [6.07, 6.45) is 1.92. The van der Waals surface area contributed by atoms with Crippen LogP contribution in [0.2, 0.25) is 0 Å². The van der Waals surface area contributed by atoms with Crippen molar-refractivity contribution in [2.75, 3.05) is 6.54 Å². The van der Waals surface area contributed by atoms with Gasteiger partial charge in [0.25, 0.3) is 0 Å². The molecule has 0 aromatic heterocycles.